The summed E-state index contributed by atoms with van der Waals surface area (Å²) in [7, 11) is 0. The third-order valence-corrected chi connectivity index (χ3v) is 2.50. The van der Waals surface area contributed by atoms with Crippen LogP contribution in [0.4, 0.5) is 4.79 Å². The van der Waals surface area contributed by atoms with Gasteiger partial charge in [0.2, 0.25) is 0 Å². The van der Waals surface area contributed by atoms with Crippen LogP contribution in [0.15, 0.2) is 18.2 Å². The summed E-state index contributed by atoms with van der Waals surface area (Å²) in [4.78, 5) is 10.9. The van der Waals surface area contributed by atoms with Crippen LogP contribution in [0.25, 0.3) is 0 Å². The predicted molar refractivity (Wildman–Crippen MR) is 55.7 cm³/mol. The molecule has 0 saturated carbocycles. The van der Waals surface area contributed by atoms with Gasteiger partial charge in [-0.3, -0.25) is 0 Å². The first-order valence-electron chi connectivity index (χ1n) is 4.15. The first kappa shape index (κ1) is 9.62. The molecule has 0 radical (unpaired) electrons. The number of urea groups is 1. The Balaban J connectivity index is 2.27. The zero-order valence-corrected chi connectivity index (χ0v) is 8.69. The molecule has 1 aliphatic rings. The molecule has 0 spiro atoms. The maximum atomic E-state index is 10.9. The number of halogens is 2. The van der Waals surface area contributed by atoms with E-state index in [1.807, 2.05) is 0 Å². The fraction of sp³-hybridized carbons (Fsp3) is 0.222. The molecule has 0 aromatic heterocycles. The fourth-order valence-electron chi connectivity index (χ4n) is 1.43. The summed E-state index contributed by atoms with van der Waals surface area (Å²) >= 11 is 11.7. The van der Waals surface area contributed by atoms with Crippen molar-refractivity contribution in [2.45, 2.75) is 6.04 Å². The lowest BCUT2D eigenvalue weighted by molar-refractivity contribution is 0.247. The molecule has 2 amide bonds. The van der Waals surface area contributed by atoms with Gasteiger partial charge < -0.3 is 10.6 Å². The molecule has 1 saturated heterocycles. The predicted octanol–water partition coefficient (Wildman–Crippen LogP) is 2.35. The quantitative estimate of drug-likeness (QED) is 0.765. The van der Waals surface area contributed by atoms with Gasteiger partial charge in [-0.05, 0) is 23.8 Å². The van der Waals surface area contributed by atoms with Gasteiger partial charge in [-0.15, -0.1) is 0 Å². The lowest BCUT2D eigenvalue weighted by Gasteiger charge is -2.09. The Labute approximate surface area is 91.4 Å². The van der Waals surface area contributed by atoms with Crippen molar-refractivity contribution in [3.05, 3.63) is 33.8 Å². The number of benzene rings is 1. The highest BCUT2D eigenvalue weighted by Gasteiger charge is 2.21. The first-order chi connectivity index (χ1) is 6.65. The molecule has 74 valence electrons. The minimum absolute atomic E-state index is 0.0429. The van der Waals surface area contributed by atoms with Crippen LogP contribution >= 0.6 is 23.2 Å². The van der Waals surface area contributed by atoms with Crippen molar-refractivity contribution in [2.75, 3.05) is 6.54 Å². The van der Waals surface area contributed by atoms with Crippen molar-refractivity contribution in [3.63, 3.8) is 0 Å². The Morgan fingerprint density at radius 3 is 2.36 bits per heavy atom. The number of nitrogens with one attached hydrogen (secondary N) is 2. The molecule has 2 rings (SSSR count). The largest absolute Gasteiger partial charge is 0.336 e. The molecule has 1 atom stereocenters. The highest BCUT2D eigenvalue weighted by atomic mass is 35.5. The number of carbonyl (C=O) groups is 1. The van der Waals surface area contributed by atoms with Gasteiger partial charge in [-0.1, -0.05) is 23.2 Å². The summed E-state index contributed by atoms with van der Waals surface area (Å²) in [6, 6.07) is 5.05. The molecule has 1 aliphatic heterocycles. The molecule has 1 aromatic carbocycles. The van der Waals surface area contributed by atoms with Crippen LogP contribution in [0.1, 0.15) is 11.6 Å². The summed E-state index contributed by atoms with van der Waals surface area (Å²) in [6.45, 7) is 0.565. The lowest BCUT2D eigenvalue weighted by Crippen LogP contribution is -2.21. The van der Waals surface area contributed by atoms with E-state index in [-0.39, 0.29) is 12.1 Å². The van der Waals surface area contributed by atoms with E-state index in [4.69, 9.17) is 23.2 Å². The Morgan fingerprint density at radius 1 is 1.21 bits per heavy atom. The lowest BCUT2D eigenvalue weighted by atomic mass is 10.1. The van der Waals surface area contributed by atoms with Crippen molar-refractivity contribution >= 4 is 29.2 Å². The first-order valence-corrected chi connectivity index (χ1v) is 4.91. The Morgan fingerprint density at radius 2 is 1.86 bits per heavy atom. The highest BCUT2D eigenvalue weighted by molar-refractivity contribution is 6.34. The maximum absolute atomic E-state index is 10.9. The van der Waals surface area contributed by atoms with Gasteiger partial charge >= 0.3 is 6.03 Å². The molecule has 1 unspecified atom stereocenters. The van der Waals surface area contributed by atoms with Crippen molar-refractivity contribution in [1.29, 1.82) is 0 Å². The average molecular weight is 231 g/mol. The van der Waals surface area contributed by atoms with E-state index in [0.717, 1.165) is 5.56 Å². The number of rotatable bonds is 1. The number of amides is 2. The van der Waals surface area contributed by atoms with Gasteiger partial charge in [0.15, 0.2) is 0 Å². The van der Waals surface area contributed by atoms with E-state index in [0.29, 0.717) is 16.6 Å². The zero-order chi connectivity index (χ0) is 10.1. The van der Waals surface area contributed by atoms with Crippen LogP contribution in [0.3, 0.4) is 0 Å². The van der Waals surface area contributed by atoms with Crippen LogP contribution in [-0.2, 0) is 0 Å². The Hall–Kier alpha value is -0.930. The third kappa shape index (κ3) is 1.94. The van der Waals surface area contributed by atoms with Gasteiger partial charge in [0, 0.05) is 16.6 Å². The molecular weight excluding hydrogens is 223 g/mol. The normalized spacial score (nSPS) is 20.4. The van der Waals surface area contributed by atoms with E-state index in [2.05, 4.69) is 10.6 Å². The van der Waals surface area contributed by atoms with Crippen LogP contribution in [0.5, 0.6) is 0 Å². The second kappa shape index (κ2) is 3.67. The summed E-state index contributed by atoms with van der Waals surface area (Å²) in [5.41, 5.74) is 0.917. The molecule has 2 N–H and O–H groups in total. The van der Waals surface area contributed by atoms with Gasteiger partial charge in [0.05, 0.1) is 6.04 Å². The maximum Gasteiger partial charge on any atom is 0.315 e. The summed E-state index contributed by atoms with van der Waals surface area (Å²) in [5.74, 6) is 0. The molecule has 14 heavy (non-hydrogen) atoms. The molecule has 1 aromatic rings. The molecule has 0 bridgehead atoms. The van der Waals surface area contributed by atoms with Crippen LogP contribution in [0.2, 0.25) is 10.0 Å². The highest BCUT2D eigenvalue weighted by Crippen LogP contribution is 2.24. The van der Waals surface area contributed by atoms with Crippen LogP contribution in [0, 0.1) is 0 Å². The Kier molecular flexibility index (Phi) is 2.52. The second-order valence-electron chi connectivity index (χ2n) is 3.11. The second-order valence-corrected chi connectivity index (χ2v) is 3.98. The third-order valence-electron chi connectivity index (χ3n) is 2.06. The number of hydrogen-bond acceptors (Lipinski definition) is 1. The summed E-state index contributed by atoms with van der Waals surface area (Å²) in [6.07, 6.45) is 0. The molecule has 1 fully saturated rings. The van der Waals surface area contributed by atoms with E-state index in [1.165, 1.54) is 0 Å². The van der Waals surface area contributed by atoms with Crippen LogP contribution < -0.4 is 10.6 Å². The van der Waals surface area contributed by atoms with E-state index < -0.39 is 0 Å². The van der Waals surface area contributed by atoms with E-state index >= 15 is 0 Å². The van der Waals surface area contributed by atoms with Gasteiger partial charge in [-0.25, -0.2) is 4.79 Å². The van der Waals surface area contributed by atoms with E-state index in [9.17, 15) is 4.79 Å². The van der Waals surface area contributed by atoms with Crippen molar-refractivity contribution in [3.8, 4) is 0 Å². The molecule has 0 aliphatic carbocycles. The summed E-state index contributed by atoms with van der Waals surface area (Å²) < 4.78 is 0. The van der Waals surface area contributed by atoms with Gasteiger partial charge in [0.1, 0.15) is 0 Å². The van der Waals surface area contributed by atoms with E-state index in [1.54, 1.807) is 18.2 Å². The molecule has 3 nitrogen and oxygen atoms in total. The molecule has 1 heterocycles. The molecular formula is C9H8Cl2N2O. The number of hydrogen-bond donors (Lipinski definition) is 2. The van der Waals surface area contributed by atoms with Crippen molar-refractivity contribution < 1.29 is 4.79 Å². The van der Waals surface area contributed by atoms with Crippen molar-refractivity contribution in [2.24, 2.45) is 0 Å². The zero-order valence-electron chi connectivity index (χ0n) is 7.18. The minimum Gasteiger partial charge on any atom is -0.336 e. The fourth-order valence-corrected chi connectivity index (χ4v) is 1.98. The van der Waals surface area contributed by atoms with Crippen molar-refractivity contribution in [1.82, 2.24) is 10.6 Å². The summed E-state index contributed by atoms with van der Waals surface area (Å²) in [5, 5.41) is 6.58. The standard InChI is InChI=1S/C9H8Cl2N2O/c10-6-1-5(2-7(11)3-6)8-4-12-9(14)13-8/h1-3,8H,4H2,(H2,12,13,14). The SMILES string of the molecule is O=C1NCC(c2cc(Cl)cc(Cl)c2)N1. The minimum atomic E-state index is -0.161. The van der Waals surface area contributed by atoms with Crippen LogP contribution in [-0.4, -0.2) is 12.6 Å². The van der Waals surface area contributed by atoms with Gasteiger partial charge in [0.25, 0.3) is 0 Å². The van der Waals surface area contributed by atoms with Gasteiger partial charge in [-0.2, -0.15) is 0 Å². The average Bonchev–Trinajstić information content (AvgIpc) is 2.50. The Bertz CT molecular complexity index is 361. The topological polar surface area (TPSA) is 41.1 Å². The molecule has 5 heteroatoms. The monoisotopic (exact) mass is 230 g/mol. The number of carbonyl (C=O) groups excluding carboxylic acids is 1. The smallest absolute Gasteiger partial charge is 0.315 e.